The second-order valence-electron chi connectivity index (χ2n) is 3.18. The number of fused-ring (bicyclic) bond motifs is 1. The largest absolute Gasteiger partial charge is 0.436 e. The molecule has 0 aliphatic carbocycles. The molecule has 0 radical (unpaired) electrons. The molecular formula is C9H6BrF3N2. The summed E-state index contributed by atoms with van der Waals surface area (Å²) in [5.41, 5.74) is 0.260. The van der Waals surface area contributed by atoms with Gasteiger partial charge in [-0.2, -0.15) is 13.2 Å². The van der Waals surface area contributed by atoms with Crippen LogP contribution in [0.5, 0.6) is 0 Å². The summed E-state index contributed by atoms with van der Waals surface area (Å²) >= 11 is 2.89. The van der Waals surface area contributed by atoms with Crippen molar-refractivity contribution in [3.05, 3.63) is 34.2 Å². The molecule has 2 rings (SSSR count). The summed E-state index contributed by atoms with van der Waals surface area (Å²) in [5, 5.41) is 0. The van der Waals surface area contributed by atoms with Crippen molar-refractivity contribution in [2.24, 2.45) is 0 Å². The number of halogens is 4. The van der Waals surface area contributed by atoms with Gasteiger partial charge in [-0.25, -0.2) is 4.98 Å². The van der Waals surface area contributed by atoms with Crippen LogP contribution in [0.25, 0.3) is 5.65 Å². The zero-order valence-corrected chi connectivity index (χ0v) is 9.22. The van der Waals surface area contributed by atoms with E-state index in [0.717, 1.165) is 5.56 Å². The lowest BCUT2D eigenvalue weighted by Gasteiger charge is -2.01. The van der Waals surface area contributed by atoms with Crippen LogP contribution in [0.2, 0.25) is 0 Å². The molecule has 2 aromatic heterocycles. The first kappa shape index (κ1) is 10.5. The van der Waals surface area contributed by atoms with Gasteiger partial charge in [0.25, 0.3) is 0 Å². The Morgan fingerprint density at radius 1 is 1.40 bits per heavy atom. The molecule has 15 heavy (non-hydrogen) atoms. The second kappa shape index (κ2) is 3.23. The number of pyridine rings is 1. The minimum Gasteiger partial charge on any atom is -0.294 e. The van der Waals surface area contributed by atoms with E-state index in [0.29, 0.717) is 0 Å². The van der Waals surface area contributed by atoms with E-state index < -0.39 is 11.9 Å². The molecule has 6 heteroatoms. The van der Waals surface area contributed by atoms with E-state index in [9.17, 15) is 13.2 Å². The summed E-state index contributed by atoms with van der Waals surface area (Å²) in [6.07, 6.45) is -2.88. The molecule has 0 atom stereocenters. The average Bonchev–Trinajstić information content (AvgIpc) is 2.42. The van der Waals surface area contributed by atoms with E-state index in [2.05, 4.69) is 20.9 Å². The molecule has 0 bridgehead atoms. The molecule has 0 aliphatic rings. The molecule has 2 nitrogen and oxygen atoms in total. The maximum Gasteiger partial charge on any atom is 0.436 e. The minimum absolute atomic E-state index is 0.0648. The maximum atomic E-state index is 12.5. The third-order valence-electron chi connectivity index (χ3n) is 1.99. The van der Waals surface area contributed by atoms with Gasteiger partial charge in [0.15, 0.2) is 5.69 Å². The highest BCUT2D eigenvalue weighted by Crippen LogP contribution is 2.34. The van der Waals surface area contributed by atoms with Crippen molar-refractivity contribution in [2.45, 2.75) is 13.1 Å². The van der Waals surface area contributed by atoms with Gasteiger partial charge in [0.05, 0.1) is 0 Å². The monoisotopic (exact) mass is 278 g/mol. The van der Waals surface area contributed by atoms with Crippen LogP contribution in [-0.2, 0) is 6.18 Å². The van der Waals surface area contributed by atoms with Crippen LogP contribution in [0, 0.1) is 6.92 Å². The Balaban J connectivity index is 2.75. The van der Waals surface area contributed by atoms with Crippen LogP contribution >= 0.6 is 15.9 Å². The zero-order valence-electron chi connectivity index (χ0n) is 7.64. The van der Waals surface area contributed by atoms with Gasteiger partial charge >= 0.3 is 6.18 Å². The fraction of sp³-hybridized carbons (Fsp3) is 0.222. The highest BCUT2D eigenvalue weighted by molar-refractivity contribution is 9.10. The Morgan fingerprint density at radius 2 is 2.07 bits per heavy atom. The number of aryl methyl sites for hydroxylation is 1. The number of hydrogen-bond donors (Lipinski definition) is 0. The molecule has 0 saturated carbocycles. The Kier molecular flexibility index (Phi) is 2.26. The van der Waals surface area contributed by atoms with E-state index in [1.807, 2.05) is 0 Å². The molecule has 0 aromatic carbocycles. The van der Waals surface area contributed by atoms with Crippen molar-refractivity contribution < 1.29 is 13.2 Å². The molecule has 0 aliphatic heterocycles. The number of alkyl halides is 3. The number of nitrogens with zero attached hydrogens (tertiary/aromatic N) is 2. The topological polar surface area (TPSA) is 17.3 Å². The number of imidazole rings is 1. The van der Waals surface area contributed by atoms with Crippen molar-refractivity contribution in [3.63, 3.8) is 0 Å². The average molecular weight is 279 g/mol. The molecule has 0 amide bonds. The van der Waals surface area contributed by atoms with E-state index in [-0.39, 0.29) is 10.3 Å². The molecule has 80 valence electrons. The first-order valence-corrected chi connectivity index (χ1v) is 4.90. The van der Waals surface area contributed by atoms with Crippen LogP contribution in [0.4, 0.5) is 13.2 Å². The number of rotatable bonds is 0. The van der Waals surface area contributed by atoms with Crippen molar-refractivity contribution in [2.75, 3.05) is 0 Å². The van der Waals surface area contributed by atoms with Gasteiger partial charge in [-0.15, -0.1) is 0 Å². The van der Waals surface area contributed by atoms with Gasteiger partial charge in [-0.1, -0.05) is 0 Å². The summed E-state index contributed by atoms with van der Waals surface area (Å²) in [7, 11) is 0. The quantitative estimate of drug-likeness (QED) is 0.722. The zero-order chi connectivity index (χ0) is 11.2. The standard InChI is InChI=1S/C9H6BrF3N2/c1-5-2-3-15-6(4-5)14-7(8(15)10)9(11,12)13/h2-4H,1H3. The van der Waals surface area contributed by atoms with Crippen LogP contribution in [0.1, 0.15) is 11.3 Å². The number of hydrogen-bond acceptors (Lipinski definition) is 1. The highest BCUT2D eigenvalue weighted by atomic mass is 79.9. The molecule has 0 unspecified atom stereocenters. The van der Waals surface area contributed by atoms with Crippen molar-refractivity contribution in [3.8, 4) is 0 Å². The summed E-state index contributed by atoms with van der Waals surface area (Å²) in [6.45, 7) is 1.80. The van der Waals surface area contributed by atoms with Crippen molar-refractivity contribution in [1.82, 2.24) is 9.38 Å². The smallest absolute Gasteiger partial charge is 0.294 e. The van der Waals surface area contributed by atoms with Gasteiger partial charge < -0.3 is 0 Å². The van der Waals surface area contributed by atoms with E-state index in [1.165, 1.54) is 4.40 Å². The van der Waals surface area contributed by atoms with Crippen molar-refractivity contribution in [1.29, 1.82) is 0 Å². The molecule has 0 saturated heterocycles. The van der Waals surface area contributed by atoms with E-state index in [1.54, 1.807) is 25.3 Å². The molecule has 0 spiro atoms. The normalized spacial score (nSPS) is 12.3. The Hall–Kier alpha value is -1.04. The van der Waals surface area contributed by atoms with Crippen LogP contribution in [-0.4, -0.2) is 9.38 Å². The van der Waals surface area contributed by atoms with Gasteiger partial charge in [0.2, 0.25) is 0 Å². The fourth-order valence-corrected chi connectivity index (χ4v) is 1.91. The first-order valence-electron chi connectivity index (χ1n) is 4.11. The van der Waals surface area contributed by atoms with Crippen LogP contribution in [0.3, 0.4) is 0 Å². The van der Waals surface area contributed by atoms with Crippen LogP contribution < -0.4 is 0 Å². The third-order valence-corrected chi connectivity index (χ3v) is 2.75. The summed E-state index contributed by atoms with van der Waals surface area (Å²) in [6, 6.07) is 3.32. The fourth-order valence-electron chi connectivity index (χ4n) is 1.30. The maximum absolute atomic E-state index is 12.5. The lowest BCUT2D eigenvalue weighted by atomic mass is 10.3. The lowest BCUT2D eigenvalue weighted by molar-refractivity contribution is -0.141. The predicted octanol–water partition coefficient (Wildman–Crippen LogP) is 3.42. The first-order chi connectivity index (χ1) is 6.89. The van der Waals surface area contributed by atoms with E-state index >= 15 is 0 Å². The summed E-state index contributed by atoms with van der Waals surface area (Å²) in [5.74, 6) is 0. The minimum atomic E-state index is -4.43. The molecule has 0 fully saturated rings. The Morgan fingerprint density at radius 3 is 2.67 bits per heavy atom. The predicted molar refractivity (Wildman–Crippen MR) is 52.6 cm³/mol. The van der Waals surface area contributed by atoms with Gasteiger partial charge in [0.1, 0.15) is 10.3 Å². The molecule has 2 heterocycles. The second-order valence-corrected chi connectivity index (χ2v) is 3.93. The summed E-state index contributed by atoms with van der Waals surface area (Å²) < 4.78 is 38.7. The SMILES string of the molecule is Cc1ccn2c(Br)c(C(F)(F)F)nc2c1. The Labute approximate surface area is 91.9 Å². The number of aromatic nitrogens is 2. The third kappa shape index (κ3) is 1.73. The van der Waals surface area contributed by atoms with Crippen LogP contribution in [0.15, 0.2) is 22.9 Å². The highest BCUT2D eigenvalue weighted by Gasteiger charge is 2.37. The molecule has 2 aromatic rings. The molecular weight excluding hydrogens is 273 g/mol. The van der Waals surface area contributed by atoms with Crippen molar-refractivity contribution >= 4 is 21.6 Å². The Bertz CT molecular complexity index is 516. The van der Waals surface area contributed by atoms with E-state index in [4.69, 9.17) is 0 Å². The van der Waals surface area contributed by atoms with Gasteiger partial charge in [0, 0.05) is 6.20 Å². The molecule has 0 N–H and O–H groups in total. The van der Waals surface area contributed by atoms with Gasteiger partial charge in [-0.05, 0) is 40.5 Å². The lowest BCUT2D eigenvalue weighted by Crippen LogP contribution is -2.06. The van der Waals surface area contributed by atoms with Gasteiger partial charge in [-0.3, -0.25) is 4.40 Å². The summed E-state index contributed by atoms with van der Waals surface area (Å²) in [4.78, 5) is 3.54.